The van der Waals surface area contributed by atoms with Crippen LogP contribution in [0, 0.1) is 0 Å². The second-order valence-electron chi connectivity index (χ2n) is 1.64. The van der Waals surface area contributed by atoms with Gasteiger partial charge in [-0.05, 0) is 0 Å². The number of nitrogens with two attached hydrogens (primary N) is 1. The highest BCUT2D eigenvalue weighted by atomic mass is 32.2. The fourth-order valence-electron chi connectivity index (χ4n) is 0.438. The predicted molar refractivity (Wildman–Crippen MR) is 33.9 cm³/mol. The van der Waals surface area contributed by atoms with Crippen LogP contribution in [0.15, 0.2) is 6.33 Å². The van der Waals surface area contributed by atoms with Crippen LogP contribution >= 0.6 is 0 Å². The van der Waals surface area contributed by atoms with Gasteiger partial charge in [-0.2, -0.15) is 8.42 Å². The highest BCUT2D eigenvalue weighted by Crippen LogP contribution is 1.87. The Labute approximate surface area is 62.0 Å². The number of aldehydes is 1. The zero-order valence-corrected chi connectivity index (χ0v) is 6.02. The van der Waals surface area contributed by atoms with Gasteiger partial charge in [-0.15, -0.1) is 9.19 Å². The first-order valence-corrected chi connectivity index (χ1v) is 3.94. The van der Waals surface area contributed by atoms with E-state index in [1.165, 1.54) is 0 Å². The molecule has 0 bridgehead atoms. The molecule has 60 valence electrons. The summed E-state index contributed by atoms with van der Waals surface area (Å²) in [5.74, 6) is -0.223. The molecule has 0 saturated heterocycles. The van der Waals surface area contributed by atoms with Crippen LogP contribution in [0.3, 0.4) is 0 Å². The summed E-state index contributed by atoms with van der Waals surface area (Å²) in [5, 5.41) is 7.87. The lowest BCUT2D eigenvalue weighted by Gasteiger charge is -1.91. The van der Waals surface area contributed by atoms with Crippen LogP contribution in [0.4, 0.5) is 0 Å². The quantitative estimate of drug-likeness (QED) is 0.531. The molecule has 0 atom stereocenters. The summed E-state index contributed by atoms with van der Waals surface area (Å²) in [5.41, 5.74) is 0. The molecule has 7 nitrogen and oxygen atoms in total. The third-order valence-corrected chi connectivity index (χ3v) is 1.55. The van der Waals surface area contributed by atoms with Gasteiger partial charge >= 0.3 is 10.2 Å². The fraction of sp³-hybridized carbons (Fsp3) is 0. The van der Waals surface area contributed by atoms with Gasteiger partial charge in [0.25, 0.3) is 0 Å². The summed E-state index contributed by atoms with van der Waals surface area (Å²) in [7, 11) is -3.91. The van der Waals surface area contributed by atoms with E-state index < -0.39 is 10.2 Å². The Hall–Kier alpha value is -1.28. The van der Waals surface area contributed by atoms with Crippen molar-refractivity contribution in [3.8, 4) is 0 Å². The van der Waals surface area contributed by atoms with E-state index in [1.807, 2.05) is 0 Å². The molecule has 0 amide bonds. The second-order valence-corrected chi connectivity index (χ2v) is 3.04. The van der Waals surface area contributed by atoms with Gasteiger partial charge in [-0.3, -0.25) is 4.79 Å². The molecule has 0 spiro atoms. The first kappa shape index (κ1) is 7.82. The van der Waals surface area contributed by atoms with Crippen molar-refractivity contribution in [1.82, 2.24) is 14.2 Å². The molecule has 0 saturated carbocycles. The average molecular weight is 176 g/mol. The van der Waals surface area contributed by atoms with Crippen molar-refractivity contribution in [2.45, 2.75) is 0 Å². The lowest BCUT2D eigenvalue weighted by molar-refractivity contribution is 0.111. The summed E-state index contributed by atoms with van der Waals surface area (Å²) in [6.07, 6.45) is 1.17. The van der Waals surface area contributed by atoms with Gasteiger partial charge in [0.15, 0.2) is 6.29 Å². The highest BCUT2D eigenvalue weighted by molar-refractivity contribution is 7.87. The van der Waals surface area contributed by atoms with E-state index in [9.17, 15) is 13.2 Å². The Kier molecular flexibility index (Phi) is 1.71. The minimum Gasteiger partial charge on any atom is -0.294 e. The van der Waals surface area contributed by atoms with E-state index in [2.05, 4.69) is 15.2 Å². The summed E-state index contributed by atoms with van der Waals surface area (Å²) < 4.78 is 21.4. The van der Waals surface area contributed by atoms with Crippen molar-refractivity contribution in [2.24, 2.45) is 5.14 Å². The van der Waals surface area contributed by atoms with E-state index in [4.69, 9.17) is 0 Å². The van der Waals surface area contributed by atoms with Gasteiger partial charge in [-0.25, -0.2) is 10.1 Å². The Morgan fingerprint density at radius 3 is 2.55 bits per heavy atom. The Morgan fingerprint density at radius 2 is 2.27 bits per heavy atom. The zero-order chi connectivity index (χ0) is 8.48. The zero-order valence-electron chi connectivity index (χ0n) is 5.21. The first-order valence-electron chi connectivity index (χ1n) is 2.44. The first-order chi connectivity index (χ1) is 5.04. The van der Waals surface area contributed by atoms with Crippen LogP contribution in [0.25, 0.3) is 0 Å². The molecule has 0 aliphatic carbocycles. The van der Waals surface area contributed by atoms with Gasteiger partial charge in [0.05, 0.1) is 0 Å². The maximum Gasteiger partial charge on any atom is 0.319 e. The molecule has 0 aliphatic heterocycles. The van der Waals surface area contributed by atoms with Crippen molar-refractivity contribution >= 4 is 16.5 Å². The Balaban J connectivity index is 3.18. The van der Waals surface area contributed by atoms with Crippen LogP contribution in [-0.2, 0) is 10.2 Å². The largest absolute Gasteiger partial charge is 0.319 e. The average Bonchev–Trinajstić information content (AvgIpc) is 2.32. The molecule has 1 heterocycles. The smallest absolute Gasteiger partial charge is 0.294 e. The van der Waals surface area contributed by atoms with Gasteiger partial charge in [0, 0.05) is 0 Å². The Morgan fingerprint density at radius 1 is 1.64 bits per heavy atom. The van der Waals surface area contributed by atoms with Crippen LogP contribution in [0.1, 0.15) is 10.6 Å². The molecule has 0 aromatic carbocycles. The van der Waals surface area contributed by atoms with Gasteiger partial charge in [0.1, 0.15) is 6.33 Å². The standard InChI is InChI=1S/C3H4N4O3S/c4-11(9,10)7-2-5-3(1-8)6-7/h1-2H,(H2,4,9,10). The van der Waals surface area contributed by atoms with Crippen molar-refractivity contribution < 1.29 is 13.2 Å². The number of rotatable bonds is 2. The topological polar surface area (TPSA) is 108 Å². The number of aromatic nitrogens is 3. The normalized spacial score (nSPS) is 11.4. The molecule has 1 aromatic heterocycles. The third-order valence-electron chi connectivity index (χ3n) is 0.856. The molecule has 0 radical (unpaired) electrons. The molecule has 0 fully saturated rings. The minimum atomic E-state index is -3.91. The van der Waals surface area contributed by atoms with Crippen LogP contribution in [-0.4, -0.2) is 28.9 Å². The van der Waals surface area contributed by atoms with Crippen LogP contribution in [0.2, 0.25) is 0 Å². The monoisotopic (exact) mass is 176 g/mol. The van der Waals surface area contributed by atoms with Crippen LogP contribution in [0.5, 0.6) is 0 Å². The van der Waals surface area contributed by atoms with E-state index in [0.717, 1.165) is 6.33 Å². The molecule has 2 N–H and O–H groups in total. The number of hydrogen-bond donors (Lipinski definition) is 1. The summed E-state index contributed by atoms with van der Waals surface area (Å²) >= 11 is 0. The predicted octanol–water partition coefficient (Wildman–Crippen LogP) is -1.86. The van der Waals surface area contributed by atoms with Gasteiger partial charge < -0.3 is 0 Å². The lowest BCUT2D eigenvalue weighted by Crippen LogP contribution is -2.22. The van der Waals surface area contributed by atoms with Crippen molar-refractivity contribution in [3.05, 3.63) is 12.2 Å². The summed E-state index contributed by atoms with van der Waals surface area (Å²) in [4.78, 5) is 13.3. The number of nitrogens with zero attached hydrogens (tertiary/aromatic N) is 3. The number of hydrogen-bond acceptors (Lipinski definition) is 5. The number of carbonyl (C=O) groups excluding carboxylic acids is 1. The van der Waals surface area contributed by atoms with Crippen molar-refractivity contribution in [1.29, 1.82) is 0 Å². The molecule has 11 heavy (non-hydrogen) atoms. The van der Waals surface area contributed by atoms with Crippen LogP contribution < -0.4 is 5.14 Å². The molecule has 1 aromatic rings. The Bertz CT molecular complexity index is 366. The van der Waals surface area contributed by atoms with Crippen molar-refractivity contribution in [2.75, 3.05) is 0 Å². The molecule has 0 unspecified atom stereocenters. The molecule has 0 aliphatic rings. The van der Waals surface area contributed by atoms with E-state index in [1.54, 1.807) is 0 Å². The van der Waals surface area contributed by atoms with Gasteiger partial charge in [-0.1, -0.05) is 0 Å². The summed E-state index contributed by atoms with van der Waals surface area (Å²) in [6, 6.07) is 0. The van der Waals surface area contributed by atoms with Crippen molar-refractivity contribution in [3.63, 3.8) is 0 Å². The van der Waals surface area contributed by atoms with E-state index in [0.29, 0.717) is 10.4 Å². The molecular weight excluding hydrogens is 172 g/mol. The van der Waals surface area contributed by atoms with Gasteiger partial charge in [0.2, 0.25) is 5.82 Å². The highest BCUT2D eigenvalue weighted by Gasteiger charge is 2.07. The summed E-state index contributed by atoms with van der Waals surface area (Å²) in [6.45, 7) is 0. The number of carbonyl (C=O) groups is 1. The maximum atomic E-state index is 10.5. The maximum absolute atomic E-state index is 10.5. The second kappa shape index (κ2) is 2.40. The molecule has 1 rings (SSSR count). The fourth-order valence-corrected chi connectivity index (χ4v) is 0.814. The van der Waals surface area contributed by atoms with E-state index in [-0.39, 0.29) is 5.82 Å². The molecule has 8 heteroatoms. The molecular formula is C3H4N4O3S. The van der Waals surface area contributed by atoms with E-state index >= 15 is 0 Å². The third kappa shape index (κ3) is 1.59. The SMILES string of the molecule is NS(=O)(=O)n1cnc(C=O)n1. The lowest BCUT2D eigenvalue weighted by atomic mass is 10.7. The minimum absolute atomic E-state index is 0.223.